The SMILES string of the molecule is CC[C@@H](C(=O)N[C@@H](C)c1ccccc1)n1c(=O)n(-c2cccc(C(C)=O)c2)c(=O)c2ccccc21. The Morgan fingerprint density at radius 3 is 2.29 bits per heavy atom. The van der Waals surface area contributed by atoms with Crippen LogP contribution < -0.4 is 16.6 Å². The van der Waals surface area contributed by atoms with Gasteiger partial charge in [0.15, 0.2) is 5.78 Å². The van der Waals surface area contributed by atoms with E-state index in [1.54, 1.807) is 42.5 Å². The third-order valence-electron chi connectivity index (χ3n) is 6.16. The Balaban J connectivity index is 1.89. The van der Waals surface area contributed by atoms with Gasteiger partial charge in [0.25, 0.3) is 5.56 Å². The molecule has 0 aliphatic rings. The van der Waals surface area contributed by atoms with Crippen LogP contribution in [0.3, 0.4) is 0 Å². The van der Waals surface area contributed by atoms with Gasteiger partial charge < -0.3 is 5.32 Å². The van der Waals surface area contributed by atoms with Crippen LogP contribution in [0.2, 0.25) is 0 Å². The zero-order valence-corrected chi connectivity index (χ0v) is 19.9. The van der Waals surface area contributed by atoms with Gasteiger partial charge in [0.2, 0.25) is 5.91 Å². The van der Waals surface area contributed by atoms with Crippen molar-refractivity contribution in [3.63, 3.8) is 0 Å². The predicted octanol–water partition coefficient (Wildman–Crippen LogP) is 4.18. The normalized spacial score (nSPS) is 12.8. The molecule has 7 heteroatoms. The highest BCUT2D eigenvalue weighted by atomic mass is 16.2. The largest absolute Gasteiger partial charge is 0.348 e. The second-order valence-corrected chi connectivity index (χ2v) is 8.48. The zero-order chi connectivity index (χ0) is 25.1. The molecule has 0 saturated heterocycles. The van der Waals surface area contributed by atoms with Crippen molar-refractivity contribution >= 4 is 22.6 Å². The standard InChI is InChI=1S/C28H27N3O4/c1-4-24(26(33)29-18(2)20-11-6-5-7-12-20)31-25-16-9-8-15-23(25)27(34)30(28(31)35)22-14-10-13-21(17-22)19(3)32/h5-18,24H,4H2,1-3H3,(H,29,33)/t18-,24-/m0/s1. The van der Waals surface area contributed by atoms with E-state index >= 15 is 0 Å². The minimum Gasteiger partial charge on any atom is -0.348 e. The van der Waals surface area contributed by atoms with E-state index in [2.05, 4.69) is 5.32 Å². The van der Waals surface area contributed by atoms with E-state index in [4.69, 9.17) is 0 Å². The van der Waals surface area contributed by atoms with Crippen LogP contribution in [-0.4, -0.2) is 20.8 Å². The van der Waals surface area contributed by atoms with Gasteiger partial charge in [0.1, 0.15) is 6.04 Å². The van der Waals surface area contributed by atoms with Gasteiger partial charge in [-0.1, -0.05) is 61.5 Å². The minimum atomic E-state index is -0.846. The molecule has 178 valence electrons. The van der Waals surface area contributed by atoms with Crippen molar-refractivity contribution in [2.75, 3.05) is 0 Å². The Morgan fingerprint density at radius 2 is 1.60 bits per heavy atom. The maximum atomic E-state index is 13.8. The minimum absolute atomic E-state index is 0.179. The molecule has 2 atom stereocenters. The van der Waals surface area contributed by atoms with Gasteiger partial charge >= 0.3 is 5.69 Å². The molecule has 7 nitrogen and oxygen atoms in total. The number of hydrogen-bond acceptors (Lipinski definition) is 4. The number of rotatable bonds is 7. The topological polar surface area (TPSA) is 90.2 Å². The van der Waals surface area contributed by atoms with Gasteiger partial charge in [-0.05, 0) is 50.1 Å². The number of carbonyl (C=O) groups excluding carboxylic acids is 2. The fourth-order valence-corrected chi connectivity index (χ4v) is 4.30. The summed E-state index contributed by atoms with van der Waals surface area (Å²) in [6.07, 6.45) is 0.336. The Kier molecular flexibility index (Phi) is 6.78. The summed E-state index contributed by atoms with van der Waals surface area (Å²) in [4.78, 5) is 52.5. The summed E-state index contributed by atoms with van der Waals surface area (Å²) in [5, 5.41) is 3.31. The monoisotopic (exact) mass is 469 g/mol. The van der Waals surface area contributed by atoms with Crippen molar-refractivity contribution < 1.29 is 9.59 Å². The number of fused-ring (bicyclic) bond motifs is 1. The average molecular weight is 470 g/mol. The number of aromatic nitrogens is 2. The summed E-state index contributed by atoms with van der Waals surface area (Å²) in [5.74, 6) is -0.500. The number of hydrogen-bond donors (Lipinski definition) is 1. The molecule has 0 unspecified atom stereocenters. The van der Waals surface area contributed by atoms with Crippen LogP contribution in [0.5, 0.6) is 0 Å². The van der Waals surface area contributed by atoms with Gasteiger partial charge in [0, 0.05) is 5.56 Å². The molecular weight excluding hydrogens is 442 g/mol. The quantitative estimate of drug-likeness (QED) is 0.411. The maximum Gasteiger partial charge on any atom is 0.336 e. The lowest BCUT2D eigenvalue weighted by Crippen LogP contribution is -2.44. The molecule has 0 aliphatic heterocycles. The van der Waals surface area contributed by atoms with Crippen molar-refractivity contribution in [1.29, 1.82) is 0 Å². The van der Waals surface area contributed by atoms with Gasteiger partial charge in [-0.3, -0.25) is 19.0 Å². The third kappa shape index (κ3) is 4.57. The Hall–Kier alpha value is -4.26. The van der Waals surface area contributed by atoms with E-state index in [1.807, 2.05) is 44.2 Å². The van der Waals surface area contributed by atoms with Crippen LogP contribution in [0.1, 0.15) is 55.2 Å². The lowest BCUT2D eigenvalue weighted by Gasteiger charge is -2.24. The molecule has 1 amide bonds. The number of amides is 1. The molecule has 0 spiro atoms. The molecule has 35 heavy (non-hydrogen) atoms. The van der Waals surface area contributed by atoms with Crippen LogP contribution in [0, 0.1) is 0 Å². The average Bonchev–Trinajstić information content (AvgIpc) is 2.87. The van der Waals surface area contributed by atoms with E-state index < -0.39 is 17.3 Å². The Morgan fingerprint density at radius 1 is 0.914 bits per heavy atom. The summed E-state index contributed by atoms with van der Waals surface area (Å²) >= 11 is 0. The van der Waals surface area contributed by atoms with Crippen LogP contribution in [-0.2, 0) is 4.79 Å². The molecule has 0 saturated carbocycles. The molecule has 4 rings (SSSR count). The van der Waals surface area contributed by atoms with Gasteiger partial charge in [-0.2, -0.15) is 0 Å². The highest BCUT2D eigenvalue weighted by Gasteiger charge is 2.26. The number of ketones is 1. The molecule has 1 aromatic heterocycles. The summed E-state index contributed by atoms with van der Waals surface area (Å²) in [6, 6.07) is 21.6. The first-order valence-corrected chi connectivity index (χ1v) is 11.6. The van der Waals surface area contributed by atoms with E-state index in [-0.39, 0.29) is 23.4 Å². The smallest absolute Gasteiger partial charge is 0.336 e. The fraction of sp³-hybridized carbons (Fsp3) is 0.214. The fourth-order valence-electron chi connectivity index (χ4n) is 4.30. The lowest BCUT2D eigenvalue weighted by atomic mass is 10.1. The zero-order valence-electron chi connectivity index (χ0n) is 19.9. The number of nitrogens with one attached hydrogen (secondary N) is 1. The Bertz CT molecular complexity index is 1520. The molecule has 0 radical (unpaired) electrons. The molecule has 0 bridgehead atoms. The van der Waals surface area contributed by atoms with Crippen LogP contribution >= 0.6 is 0 Å². The van der Waals surface area contributed by atoms with Crippen molar-refractivity contribution in [3.8, 4) is 5.69 Å². The van der Waals surface area contributed by atoms with Crippen molar-refractivity contribution in [2.45, 2.75) is 39.3 Å². The van der Waals surface area contributed by atoms with Crippen molar-refractivity contribution in [3.05, 3.63) is 111 Å². The van der Waals surface area contributed by atoms with Gasteiger partial charge in [-0.15, -0.1) is 0 Å². The van der Waals surface area contributed by atoms with E-state index in [9.17, 15) is 19.2 Å². The molecule has 4 aromatic rings. The predicted molar refractivity (Wildman–Crippen MR) is 136 cm³/mol. The molecule has 0 aliphatic carbocycles. The van der Waals surface area contributed by atoms with Crippen LogP contribution in [0.15, 0.2) is 88.5 Å². The van der Waals surface area contributed by atoms with Crippen LogP contribution in [0.4, 0.5) is 0 Å². The summed E-state index contributed by atoms with van der Waals surface area (Å²) in [6.45, 7) is 5.13. The number of para-hydroxylation sites is 1. The second kappa shape index (κ2) is 9.93. The van der Waals surface area contributed by atoms with Crippen molar-refractivity contribution in [1.82, 2.24) is 14.5 Å². The molecule has 1 heterocycles. The second-order valence-electron chi connectivity index (χ2n) is 8.48. The summed E-state index contributed by atoms with van der Waals surface area (Å²) < 4.78 is 2.41. The number of carbonyl (C=O) groups is 2. The number of benzene rings is 3. The number of nitrogens with zero attached hydrogens (tertiary/aromatic N) is 2. The molecular formula is C28H27N3O4. The first-order valence-electron chi connectivity index (χ1n) is 11.6. The summed E-state index contributed by atoms with van der Waals surface area (Å²) in [5.41, 5.74) is 0.851. The highest BCUT2D eigenvalue weighted by molar-refractivity contribution is 5.94. The maximum absolute atomic E-state index is 13.8. The van der Waals surface area contributed by atoms with E-state index in [0.717, 1.165) is 10.1 Å². The molecule has 1 N–H and O–H groups in total. The van der Waals surface area contributed by atoms with Crippen molar-refractivity contribution in [2.24, 2.45) is 0 Å². The summed E-state index contributed by atoms with van der Waals surface area (Å²) in [7, 11) is 0. The first kappa shape index (κ1) is 23.9. The number of Topliss-reactive ketones (excluding diaryl/α,β-unsaturated/α-hetero) is 1. The first-order chi connectivity index (χ1) is 16.8. The van der Waals surface area contributed by atoms with E-state index in [0.29, 0.717) is 22.9 Å². The van der Waals surface area contributed by atoms with Crippen LogP contribution in [0.25, 0.3) is 16.6 Å². The molecule has 3 aromatic carbocycles. The van der Waals surface area contributed by atoms with Gasteiger partial charge in [-0.25, -0.2) is 9.36 Å². The van der Waals surface area contributed by atoms with Gasteiger partial charge in [0.05, 0.1) is 22.6 Å². The molecule has 0 fully saturated rings. The third-order valence-corrected chi connectivity index (χ3v) is 6.16. The van der Waals surface area contributed by atoms with E-state index in [1.165, 1.54) is 17.6 Å². The Labute approximate surface area is 202 Å². The lowest BCUT2D eigenvalue weighted by molar-refractivity contribution is -0.125. The highest BCUT2D eigenvalue weighted by Crippen LogP contribution is 2.20.